The van der Waals surface area contributed by atoms with Gasteiger partial charge in [-0.1, -0.05) is 18.2 Å². The van der Waals surface area contributed by atoms with Gasteiger partial charge in [-0.2, -0.15) is 5.26 Å². The maximum Gasteiger partial charge on any atom is 0.250 e. The second-order valence-corrected chi connectivity index (χ2v) is 12.4. The summed E-state index contributed by atoms with van der Waals surface area (Å²) in [5, 5.41) is 50.8. The first-order valence-electron chi connectivity index (χ1n) is 12.6. The topological polar surface area (TPSA) is 173 Å². The van der Waals surface area contributed by atoms with Gasteiger partial charge in [0.05, 0.1) is 13.2 Å². The van der Waals surface area contributed by atoms with Crippen molar-refractivity contribution in [2.75, 3.05) is 37.7 Å². The molecule has 0 amide bonds. The lowest BCUT2D eigenvalue weighted by atomic mass is 9.99. The second kappa shape index (κ2) is 11.9. The summed E-state index contributed by atoms with van der Waals surface area (Å²) in [4.78, 5) is 3.18. The first-order valence-corrected chi connectivity index (χ1v) is 14.9. The number of nitriles is 1. The van der Waals surface area contributed by atoms with Gasteiger partial charge in [-0.15, -0.1) is 11.3 Å². The Morgan fingerprint density at radius 1 is 1.02 bits per heavy atom. The molecule has 212 valence electrons. The molecule has 0 aliphatic carbocycles. The van der Waals surface area contributed by atoms with Gasteiger partial charge < -0.3 is 34.8 Å². The Morgan fingerprint density at radius 3 is 2.50 bits per heavy atom. The molecule has 5 N–H and O–H groups in total. The van der Waals surface area contributed by atoms with Crippen molar-refractivity contribution in [2.45, 2.75) is 30.7 Å². The fraction of sp³-hybridized carbons (Fsp3) is 0.370. The minimum atomic E-state index is -4.31. The highest BCUT2D eigenvalue weighted by atomic mass is 32.2. The van der Waals surface area contributed by atoms with Gasteiger partial charge in [-0.05, 0) is 52.7 Å². The highest BCUT2D eigenvalue weighted by Crippen LogP contribution is 2.33. The average molecular weight is 588 g/mol. The standard InChI is InChI=1S/C27H29N3O8S2/c28-14-21(40(35,36)29-15-22-24(31)25(32)26(33)27(34)38-22)13-20-5-6-23(39-20)18-2-1-17-12-19(4-3-16(17)11-18)30-7-9-37-10-8-30/h1-6,11-13,22,24-27,29,31-34H,7-10,15H2/b21-13+/t22-,24-,25+,26-,27?/m1/s1. The number of benzene rings is 2. The SMILES string of the molecule is N#C/C(=C\c1ccc(-c2ccc3cc(N4CCOCC4)ccc3c2)s1)S(=O)(=O)NC[C@H]1OC(O)[C@H](O)[C@@H](O)[C@@H]1O. The molecule has 2 aliphatic heterocycles. The van der Waals surface area contributed by atoms with E-state index in [0.29, 0.717) is 18.1 Å². The highest BCUT2D eigenvalue weighted by molar-refractivity contribution is 7.93. The van der Waals surface area contributed by atoms with Crippen LogP contribution in [-0.2, 0) is 19.5 Å². The van der Waals surface area contributed by atoms with Crippen LogP contribution < -0.4 is 9.62 Å². The Bertz CT molecular complexity index is 1540. The summed E-state index contributed by atoms with van der Waals surface area (Å²) in [5.41, 5.74) is 2.11. The van der Waals surface area contributed by atoms with Gasteiger partial charge in [0.1, 0.15) is 30.5 Å². The molecule has 5 atom stereocenters. The normalized spacial score (nSPS) is 26.1. The van der Waals surface area contributed by atoms with Gasteiger partial charge in [0, 0.05) is 35.1 Å². The molecule has 0 spiro atoms. The van der Waals surface area contributed by atoms with Crippen LogP contribution in [0.1, 0.15) is 4.88 Å². The van der Waals surface area contributed by atoms with Gasteiger partial charge in [-0.25, -0.2) is 13.1 Å². The third-order valence-corrected chi connectivity index (χ3v) is 9.36. The van der Waals surface area contributed by atoms with E-state index in [1.807, 2.05) is 18.2 Å². The van der Waals surface area contributed by atoms with Gasteiger partial charge in [0.2, 0.25) is 0 Å². The number of thiophene rings is 1. The zero-order valence-electron chi connectivity index (χ0n) is 21.3. The Hall–Kier alpha value is -2.90. The number of hydrogen-bond donors (Lipinski definition) is 5. The molecular formula is C27H29N3O8S2. The van der Waals surface area contributed by atoms with Crippen molar-refractivity contribution in [2.24, 2.45) is 0 Å². The number of hydrogen-bond acceptors (Lipinski definition) is 11. The summed E-state index contributed by atoms with van der Waals surface area (Å²) >= 11 is 1.33. The summed E-state index contributed by atoms with van der Waals surface area (Å²) in [7, 11) is -4.31. The smallest absolute Gasteiger partial charge is 0.250 e. The number of sulfonamides is 1. The lowest BCUT2D eigenvalue weighted by molar-refractivity contribution is -0.279. The number of nitrogens with zero attached hydrogens (tertiary/aromatic N) is 2. The van der Waals surface area contributed by atoms with E-state index in [4.69, 9.17) is 9.47 Å². The van der Waals surface area contributed by atoms with Crippen LogP contribution in [0.3, 0.4) is 0 Å². The third kappa shape index (κ3) is 6.06. The van der Waals surface area contributed by atoms with Crippen LogP contribution in [-0.4, -0.2) is 92.4 Å². The third-order valence-electron chi connectivity index (χ3n) is 6.95. The van der Waals surface area contributed by atoms with E-state index in [9.17, 15) is 34.1 Å². The van der Waals surface area contributed by atoms with Gasteiger partial charge in [-0.3, -0.25) is 0 Å². The predicted molar refractivity (Wildman–Crippen MR) is 150 cm³/mol. The number of ether oxygens (including phenoxy) is 2. The summed E-state index contributed by atoms with van der Waals surface area (Å²) in [5.74, 6) is 0. The monoisotopic (exact) mass is 587 g/mol. The van der Waals surface area contributed by atoms with Crippen LogP contribution >= 0.6 is 11.3 Å². The molecule has 2 fully saturated rings. The van der Waals surface area contributed by atoms with E-state index in [1.165, 1.54) is 17.4 Å². The fourth-order valence-electron chi connectivity index (χ4n) is 4.66. The lowest BCUT2D eigenvalue weighted by Crippen LogP contribution is -2.59. The molecule has 3 aromatic rings. The molecule has 2 saturated heterocycles. The van der Waals surface area contributed by atoms with E-state index in [-0.39, 0.29) is 0 Å². The molecule has 40 heavy (non-hydrogen) atoms. The molecule has 0 radical (unpaired) electrons. The number of morpholine rings is 1. The fourth-order valence-corrected chi connectivity index (χ4v) is 6.62. The Labute approximate surface area is 235 Å². The van der Waals surface area contributed by atoms with Crippen LogP contribution in [0.15, 0.2) is 53.4 Å². The summed E-state index contributed by atoms with van der Waals surface area (Å²) in [6.45, 7) is 2.61. The molecule has 1 aromatic heterocycles. The predicted octanol–water partition coefficient (Wildman–Crippen LogP) is 0.989. The maximum absolute atomic E-state index is 12.8. The zero-order valence-corrected chi connectivity index (χ0v) is 22.9. The number of aliphatic hydroxyl groups is 4. The van der Waals surface area contributed by atoms with Crippen LogP contribution in [0.5, 0.6) is 0 Å². The number of rotatable bonds is 7. The number of aliphatic hydroxyl groups excluding tert-OH is 4. The lowest BCUT2D eigenvalue weighted by Gasteiger charge is -2.38. The number of nitrogens with one attached hydrogen (secondary N) is 1. The van der Waals surface area contributed by atoms with Gasteiger partial charge >= 0.3 is 0 Å². The van der Waals surface area contributed by atoms with Crippen molar-refractivity contribution < 1.29 is 38.3 Å². The summed E-state index contributed by atoms with van der Waals surface area (Å²) in [6.07, 6.45) is -7.00. The van der Waals surface area contributed by atoms with Crippen LogP contribution in [0.25, 0.3) is 27.3 Å². The van der Waals surface area contributed by atoms with Crippen molar-refractivity contribution in [3.63, 3.8) is 0 Å². The minimum Gasteiger partial charge on any atom is -0.388 e. The molecular weight excluding hydrogens is 558 g/mol. The van der Waals surface area contributed by atoms with Crippen molar-refractivity contribution in [3.8, 4) is 16.5 Å². The molecule has 5 rings (SSSR count). The molecule has 3 heterocycles. The first-order chi connectivity index (χ1) is 19.2. The van der Waals surface area contributed by atoms with Crippen molar-refractivity contribution >= 4 is 43.9 Å². The van der Waals surface area contributed by atoms with Crippen LogP contribution in [0.2, 0.25) is 0 Å². The average Bonchev–Trinajstić information content (AvgIpc) is 3.44. The molecule has 1 unspecified atom stereocenters. The van der Waals surface area contributed by atoms with E-state index in [2.05, 4.69) is 33.9 Å². The molecule has 13 heteroatoms. The first kappa shape index (κ1) is 28.6. The number of anilines is 1. The molecule has 0 bridgehead atoms. The largest absolute Gasteiger partial charge is 0.388 e. The number of allylic oxidation sites excluding steroid dienone is 1. The van der Waals surface area contributed by atoms with Crippen LogP contribution in [0.4, 0.5) is 5.69 Å². The zero-order chi connectivity index (χ0) is 28.4. The van der Waals surface area contributed by atoms with Crippen molar-refractivity contribution in [1.29, 1.82) is 5.26 Å². The minimum absolute atomic E-state index is 0.538. The van der Waals surface area contributed by atoms with Crippen LogP contribution in [0, 0.1) is 11.3 Å². The summed E-state index contributed by atoms with van der Waals surface area (Å²) in [6, 6.07) is 17.7. The maximum atomic E-state index is 12.8. The van der Waals surface area contributed by atoms with Crippen molar-refractivity contribution in [3.05, 3.63) is 58.3 Å². The van der Waals surface area contributed by atoms with E-state index >= 15 is 0 Å². The Balaban J connectivity index is 1.29. The molecule has 11 nitrogen and oxygen atoms in total. The van der Waals surface area contributed by atoms with Gasteiger partial charge in [0.15, 0.2) is 11.2 Å². The number of fused-ring (bicyclic) bond motifs is 1. The molecule has 0 saturated carbocycles. The quantitative estimate of drug-likeness (QED) is 0.251. The van der Waals surface area contributed by atoms with E-state index in [0.717, 1.165) is 40.0 Å². The highest BCUT2D eigenvalue weighted by Gasteiger charge is 2.43. The van der Waals surface area contributed by atoms with Gasteiger partial charge in [0.25, 0.3) is 10.0 Å². The summed E-state index contributed by atoms with van der Waals surface area (Å²) < 4.78 is 38.2. The van der Waals surface area contributed by atoms with E-state index in [1.54, 1.807) is 12.1 Å². The molecule has 2 aromatic carbocycles. The van der Waals surface area contributed by atoms with Crippen molar-refractivity contribution in [1.82, 2.24) is 4.72 Å². The Kier molecular flexibility index (Phi) is 8.52. The second-order valence-electron chi connectivity index (χ2n) is 9.56. The van der Waals surface area contributed by atoms with E-state index < -0.39 is 52.2 Å². The molecule has 2 aliphatic rings. The Morgan fingerprint density at radius 2 is 1.75 bits per heavy atom.